The number of halogens is 2. The largest absolute Gasteiger partial charge is 0.378 e. The lowest BCUT2D eigenvalue weighted by atomic mass is 10.0. The SMILES string of the molecule is CCN(CC)S(=O)(=O)c1ccc(N2CCOCC2)c(C(=O)NC2CCN(CC(F)F)CC2)c1. The Morgan fingerprint density at radius 3 is 2.36 bits per heavy atom. The van der Waals surface area contributed by atoms with Crippen molar-refractivity contribution >= 4 is 21.6 Å². The second-order valence-corrected chi connectivity index (χ2v) is 10.2. The number of alkyl halides is 2. The molecule has 1 N–H and O–H groups in total. The predicted octanol–water partition coefficient (Wildman–Crippen LogP) is 2.01. The van der Waals surface area contributed by atoms with Crippen LogP contribution in [0.25, 0.3) is 0 Å². The summed E-state index contributed by atoms with van der Waals surface area (Å²) in [6.07, 6.45) is -1.23. The van der Waals surface area contributed by atoms with Gasteiger partial charge in [0.05, 0.1) is 30.2 Å². The van der Waals surface area contributed by atoms with Crippen molar-refractivity contribution in [2.24, 2.45) is 0 Å². The van der Waals surface area contributed by atoms with E-state index in [4.69, 9.17) is 4.74 Å². The van der Waals surface area contributed by atoms with E-state index in [0.717, 1.165) is 0 Å². The molecule has 2 fully saturated rings. The van der Waals surface area contributed by atoms with Crippen molar-refractivity contribution in [3.05, 3.63) is 23.8 Å². The van der Waals surface area contributed by atoms with E-state index < -0.39 is 16.4 Å². The van der Waals surface area contributed by atoms with E-state index in [2.05, 4.69) is 5.32 Å². The molecule has 0 bridgehead atoms. The van der Waals surface area contributed by atoms with E-state index in [1.165, 1.54) is 10.4 Å². The molecule has 0 aromatic heterocycles. The summed E-state index contributed by atoms with van der Waals surface area (Å²) in [5, 5.41) is 3.00. The molecule has 0 saturated carbocycles. The fourth-order valence-electron chi connectivity index (χ4n) is 4.37. The first kappa shape index (κ1) is 25.8. The van der Waals surface area contributed by atoms with E-state index >= 15 is 0 Å². The van der Waals surface area contributed by atoms with E-state index in [-0.39, 0.29) is 23.4 Å². The highest BCUT2D eigenvalue weighted by atomic mass is 32.2. The molecule has 33 heavy (non-hydrogen) atoms. The minimum Gasteiger partial charge on any atom is -0.378 e. The van der Waals surface area contributed by atoms with Crippen molar-refractivity contribution < 1.29 is 26.7 Å². The lowest BCUT2D eigenvalue weighted by Gasteiger charge is -2.33. The van der Waals surface area contributed by atoms with Crippen molar-refractivity contribution in [1.29, 1.82) is 0 Å². The number of piperidine rings is 1. The van der Waals surface area contributed by atoms with Gasteiger partial charge in [-0.3, -0.25) is 9.69 Å². The van der Waals surface area contributed by atoms with Gasteiger partial charge in [0.2, 0.25) is 10.0 Å². The Kier molecular flexibility index (Phi) is 9.02. The molecule has 2 aliphatic rings. The molecule has 8 nitrogen and oxygen atoms in total. The van der Waals surface area contributed by atoms with Crippen LogP contribution >= 0.6 is 0 Å². The van der Waals surface area contributed by atoms with Crippen molar-refractivity contribution in [2.45, 2.75) is 44.1 Å². The van der Waals surface area contributed by atoms with Gasteiger partial charge < -0.3 is 15.0 Å². The third-order valence-electron chi connectivity index (χ3n) is 6.23. The van der Waals surface area contributed by atoms with Gasteiger partial charge in [-0.15, -0.1) is 0 Å². The van der Waals surface area contributed by atoms with Crippen LogP contribution < -0.4 is 10.2 Å². The number of hydrogen-bond acceptors (Lipinski definition) is 6. The first-order chi connectivity index (χ1) is 15.8. The van der Waals surface area contributed by atoms with Gasteiger partial charge in [0.1, 0.15) is 0 Å². The van der Waals surface area contributed by atoms with Crippen LogP contribution in [0.3, 0.4) is 0 Å². The van der Waals surface area contributed by atoms with E-state index in [1.807, 2.05) is 4.90 Å². The smallest absolute Gasteiger partial charge is 0.253 e. The van der Waals surface area contributed by atoms with Gasteiger partial charge in [-0.05, 0) is 31.0 Å². The average molecular weight is 489 g/mol. The third kappa shape index (κ3) is 6.40. The second-order valence-electron chi connectivity index (χ2n) is 8.31. The number of hydrogen-bond donors (Lipinski definition) is 1. The van der Waals surface area contributed by atoms with E-state index in [9.17, 15) is 22.0 Å². The number of anilines is 1. The lowest BCUT2D eigenvalue weighted by molar-refractivity contribution is 0.0696. The number of morpholine rings is 1. The van der Waals surface area contributed by atoms with Crippen LogP contribution in [0.5, 0.6) is 0 Å². The summed E-state index contributed by atoms with van der Waals surface area (Å²) in [6, 6.07) is 4.56. The molecule has 2 aliphatic heterocycles. The van der Waals surface area contributed by atoms with E-state index in [1.54, 1.807) is 30.9 Å². The zero-order valence-corrected chi connectivity index (χ0v) is 20.1. The third-order valence-corrected chi connectivity index (χ3v) is 8.27. The van der Waals surface area contributed by atoms with Crippen LogP contribution in [0.15, 0.2) is 23.1 Å². The van der Waals surface area contributed by atoms with Crippen molar-refractivity contribution in [2.75, 3.05) is 63.9 Å². The Balaban J connectivity index is 1.83. The van der Waals surface area contributed by atoms with Gasteiger partial charge in [-0.2, -0.15) is 4.31 Å². The molecule has 3 rings (SSSR count). The number of sulfonamides is 1. The Hall–Kier alpha value is -1.82. The number of carbonyl (C=O) groups excluding carboxylic acids is 1. The molecule has 1 aromatic rings. The Morgan fingerprint density at radius 1 is 1.15 bits per heavy atom. The molecule has 2 heterocycles. The van der Waals surface area contributed by atoms with Crippen LogP contribution in [-0.2, 0) is 14.8 Å². The molecule has 0 atom stereocenters. The van der Waals surface area contributed by atoms with Crippen molar-refractivity contribution in [3.8, 4) is 0 Å². The molecular formula is C22H34F2N4O4S. The molecular weight excluding hydrogens is 454 g/mol. The van der Waals surface area contributed by atoms with Crippen LogP contribution in [0.4, 0.5) is 14.5 Å². The van der Waals surface area contributed by atoms with Crippen LogP contribution in [-0.4, -0.2) is 95.0 Å². The maximum atomic E-state index is 13.3. The van der Waals surface area contributed by atoms with Gasteiger partial charge in [0.25, 0.3) is 12.3 Å². The standard InChI is InChI=1S/C22H34F2N4O4S/c1-3-28(4-2)33(30,31)18-5-6-20(27-11-13-32-14-12-27)19(15-18)22(29)25-17-7-9-26(10-8-17)16-21(23)24/h5-6,15,17,21H,3-4,7-14,16H2,1-2H3,(H,25,29). The molecule has 11 heteroatoms. The highest BCUT2D eigenvalue weighted by molar-refractivity contribution is 7.89. The molecule has 186 valence electrons. The quantitative estimate of drug-likeness (QED) is 0.573. The molecule has 0 spiro atoms. The molecule has 2 saturated heterocycles. The summed E-state index contributed by atoms with van der Waals surface area (Å²) in [6.45, 7) is 7.21. The van der Waals surface area contributed by atoms with Gasteiger partial charge in [-0.1, -0.05) is 13.8 Å². The summed E-state index contributed by atoms with van der Waals surface area (Å²) in [4.78, 5) is 17.1. The Labute approximate surface area is 194 Å². The molecule has 1 amide bonds. The Morgan fingerprint density at radius 2 is 1.79 bits per heavy atom. The van der Waals surface area contributed by atoms with E-state index in [0.29, 0.717) is 76.6 Å². The molecule has 0 aliphatic carbocycles. The highest BCUT2D eigenvalue weighted by Crippen LogP contribution is 2.27. The number of nitrogens with one attached hydrogen (secondary N) is 1. The zero-order valence-electron chi connectivity index (χ0n) is 19.3. The number of rotatable bonds is 9. The van der Waals surface area contributed by atoms with Crippen molar-refractivity contribution in [3.63, 3.8) is 0 Å². The van der Waals surface area contributed by atoms with Gasteiger partial charge >= 0.3 is 0 Å². The first-order valence-electron chi connectivity index (χ1n) is 11.5. The molecule has 0 radical (unpaired) electrons. The minimum absolute atomic E-state index is 0.0834. The fourth-order valence-corrected chi connectivity index (χ4v) is 5.85. The van der Waals surface area contributed by atoms with Crippen molar-refractivity contribution in [1.82, 2.24) is 14.5 Å². The summed E-state index contributed by atoms with van der Waals surface area (Å²) >= 11 is 0. The number of ether oxygens (including phenoxy) is 1. The summed E-state index contributed by atoms with van der Waals surface area (Å²) in [5.74, 6) is -0.347. The number of benzene rings is 1. The van der Waals surface area contributed by atoms with Gasteiger partial charge in [-0.25, -0.2) is 17.2 Å². The highest BCUT2D eigenvalue weighted by Gasteiger charge is 2.28. The molecule has 1 aromatic carbocycles. The first-order valence-corrected chi connectivity index (χ1v) is 13.0. The zero-order chi connectivity index (χ0) is 24.0. The molecule has 0 unspecified atom stereocenters. The maximum absolute atomic E-state index is 13.3. The Bertz CT molecular complexity index is 898. The number of amides is 1. The van der Waals surface area contributed by atoms with Crippen LogP contribution in [0, 0.1) is 0 Å². The summed E-state index contributed by atoms with van der Waals surface area (Å²) in [7, 11) is -3.72. The summed E-state index contributed by atoms with van der Waals surface area (Å²) in [5.41, 5.74) is 0.976. The number of carbonyl (C=O) groups is 1. The normalized spacial score (nSPS) is 18.8. The van der Waals surface area contributed by atoms with Gasteiger partial charge in [0, 0.05) is 51.0 Å². The number of nitrogens with zero attached hydrogens (tertiary/aromatic N) is 3. The predicted molar refractivity (Wildman–Crippen MR) is 123 cm³/mol. The average Bonchev–Trinajstić information content (AvgIpc) is 2.81. The lowest BCUT2D eigenvalue weighted by Crippen LogP contribution is -2.46. The monoisotopic (exact) mass is 488 g/mol. The summed E-state index contributed by atoms with van der Waals surface area (Å²) < 4.78 is 58.2. The minimum atomic E-state index is -3.72. The van der Waals surface area contributed by atoms with Gasteiger partial charge in [0.15, 0.2) is 0 Å². The maximum Gasteiger partial charge on any atom is 0.253 e. The van der Waals surface area contributed by atoms with Crippen LogP contribution in [0.1, 0.15) is 37.0 Å². The number of likely N-dealkylation sites (tertiary alicyclic amines) is 1. The van der Waals surface area contributed by atoms with Crippen LogP contribution in [0.2, 0.25) is 0 Å². The topological polar surface area (TPSA) is 82.2 Å². The second kappa shape index (κ2) is 11.5. The fraction of sp³-hybridized carbons (Fsp3) is 0.682.